The molecule has 126 valence electrons. The molecule has 0 unspecified atom stereocenters. The average Bonchev–Trinajstić information content (AvgIpc) is 2.67. The molecule has 0 bridgehead atoms. The van der Waals surface area contributed by atoms with Gasteiger partial charge in [-0.15, -0.1) is 0 Å². The van der Waals surface area contributed by atoms with Crippen LogP contribution in [0.4, 0.5) is 8.78 Å². The van der Waals surface area contributed by atoms with Crippen molar-refractivity contribution in [2.24, 2.45) is 0 Å². The highest BCUT2D eigenvalue weighted by molar-refractivity contribution is 6.13. The van der Waals surface area contributed by atoms with E-state index in [0.717, 1.165) is 5.39 Å². The lowest BCUT2D eigenvalue weighted by Gasteiger charge is -2.11. The van der Waals surface area contributed by atoms with E-state index in [2.05, 4.69) is 4.98 Å². The number of hydrogen-bond acceptors (Lipinski definition) is 2. The van der Waals surface area contributed by atoms with Crippen molar-refractivity contribution in [1.29, 1.82) is 0 Å². The van der Waals surface area contributed by atoms with Crippen molar-refractivity contribution in [3.05, 3.63) is 102 Å². The number of rotatable bonds is 3. The third-order valence-electron chi connectivity index (χ3n) is 4.22. The van der Waals surface area contributed by atoms with Crippen molar-refractivity contribution in [1.82, 2.24) is 4.98 Å². The fourth-order valence-corrected chi connectivity index (χ4v) is 2.95. The first-order valence-corrected chi connectivity index (χ1v) is 8.09. The van der Waals surface area contributed by atoms with Crippen LogP contribution in [0.1, 0.15) is 16.1 Å². The molecule has 4 aromatic rings. The lowest BCUT2D eigenvalue weighted by Crippen LogP contribution is -2.09. The van der Waals surface area contributed by atoms with Gasteiger partial charge in [0, 0.05) is 16.5 Å². The minimum Gasteiger partial charge on any atom is -0.287 e. The molecule has 26 heavy (non-hydrogen) atoms. The van der Waals surface area contributed by atoms with Crippen LogP contribution in [0.2, 0.25) is 0 Å². The smallest absolute Gasteiger partial charge is 0.214 e. The first-order chi connectivity index (χ1) is 12.6. The van der Waals surface area contributed by atoms with Crippen LogP contribution >= 0.6 is 0 Å². The molecule has 0 amide bonds. The average molecular weight is 345 g/mol. The molecule has 4 rings (SSSR count). The number of nitrogens with zero attached hydrogens (tertiary/aromatic N) is 1. The zero-order valence-electron chi connectivity index (χ0n) is 13.6. The van der Waals surface area contributed by atoms with Gasteiger partial charge in [0.05, 0.1) is 11.1 Å². The van der Waals surface area contributed by atoms with Gasteiger partial charge in [-0.1, -0.05) is 48.5 Å². The maximum atomic E-state index is 14.4. The molecule has 1 aromatic heterocycles. The lowest BCUT2D eigenvalue weighted by molar-refractivity contribution is 0.103. The van der Waals surface area contributed by atoms with E-state index in [9.17, 15) is 13.6 Å². The summed E-state index contributed by atoms with van der Waals surface area (Å²) in [5.74, 6) is -1.67. The van der Waals surface area contributed by atoms with Crippen LogP contribution < -0.4 is 0 Å². The Morgan fingerprint density at radius 3 is 2.15 bits per heavy atom. The molecule has 0 aliphatic rings. The standard InChI is InChI=1S/C22H13F2NO/c23-18-10-4-2-8-15(18)17-13-14-7-1-6-12-20(14)25-21(17)22(26)16-9-3-5-11-19(16)24/h1-13H. The molecule has 0 N–H and O–H groups in total. The summed E-state index contributed by atoms with van der Waals surface area (Å²) in [6.45, 7) is 0. The number of aromatic nitrogens is 1. The monoisotopic (exact) mass is 345 g/mol. The van der Waals surface area contributed by atoms with Gasteiger partial charge in [0.2, 0.25) is 5.78 Å². The van der Waals surface area contributed by atoms with Crippen LogP contribution in [-0.2, 0) is 0 Å². The van der Waals surface area contributed by atoms with Crippen molar-refractivity contribution in [3.8, 4) is 11.1 Å². The molecule has 4 heteroatoms. The third-order valence-corrected chi connectivity index (χ3v) is 4.22. The van der Waals surface area contributed by atoms with Crippen LogP contribution in [0.3, 0.4) is 0 Å². The summed E-state index contributed by atoms with van der Waals surface area (Å²) in [4.78, 5) is 17.4. The molecule has 0 fully saturated rings. The number of carbonyl (C=O) groups is 1. The summed E-state index contributed by atoms with van der Waals surface area (Å²) >= 11 is 0. The molecule has 0 aliphatic carbocycles. The number of para-hydroxylation sites is 1. The molecule has 0 saturated heterocycles. The minimum absolute atomic E-state index is 0.0268. The fourth-order valence-electron chi connectivity index (χ4n) is 2.95. The van der Waals surface area contributed by atoms with Gasteiger partial charge in [0.25, 0.3) is 0 Å². The van der Waals surface area contributed by atoms with E-state index in [-0.39, 0.29) is 16.8 Å². The molecule has 0 saturated carbocycles. The van der Waals surface area contributed by atoms with E-state index in [1.165, 1.54) is 24.3 Å². The summed E-state index contributed by atoms with van der Waals surface area (Å²) in [6.07, 6.45) is 0. The summed E-state index contributed by atoms with van der Waals surface area (Å²) in [5, 5.41) is 0.774. The number of carbonyl (C=O) groups excluding carboxylic acids is 1. The van der Waals surface area contributed by atoms with E-state index in [1.807, 2.05) is 12.1 Å². The Hall–Kier alpha value is -3.40. The molecular weight excluding hydrogens is 332 g/mol. The Bertz CT molecular complexity index is 1140. The first kappa shape index (κ1) is 16.1. The van der Waals surface area contributed by atoms with Gasteiger partial charge in [-0.25, -0.2) is 13.8 Å². The maximum Gasteiger partial charge on any atom is 0.214 e. The number of hydrogen-bond donors (Lipinski definition) is 0. The quantitative estimate of drug-likeness (QED) is 0.465. The van der Waals surface area contributed by atoms with Crippen molar-refractivity contribution in [3.63, 3.8) is 0 Å². The van der Waals surface area contributed by atoms with Crippen LogP contribution in [-0.4, -0.2) is 10.8 Å². The van der Waals surface area contributed by atoms with E-state index in [4.69, 9.17) is 0 Å². The number of benzene rings is 3. The first-order valence-electron chi connectivity index (χ1n) is 8.09. The number of pyridine rings is 1. The van der Waals surface area contributed by atoms with E-state index < -0.39 is 17.4 Å². The SMILES string of the molecule is O=C(c1ccccc1F)c1nc2ccccc2cc1-c1ccccc1F. The number of halogens is 2. The molecule has 2 nitrogen and oxygen atoms in total. The highest BCUT2D eigenvalue weighted by atomic mass is 19.1. The van der Waals surface area contributed by atoms with Crippen molar-refractivity contribution in [2.45, 2.75) is 0 Å². The zero-order valence-corrected chi connectivity index (χ0v) is 13.6. The number of fused-ring (bicyclic) bond motifs is 1. The molecular formula is C22H13F2NO. The molecule has 0 radical (unpaired) electrons. The van der Waals surface area contributed by atoms with Gasteiger partial charge in [-0.3, -0.25) is 4.79 Å². The molecule has 3 aromatic carbocycles. The van der Waals surface area contributed by atoms with E-state index >= 15 is 0 Å². The van der Waals surface area contributed by atoms with Gasteiger partial charge in [-0.2, -0.15) is 0 Å². The van der Waals surface area contributed by atoms with Crippen molar-refractivity contribution < 1.29 is 13.6 Å². The maximum absolute atomic E-state index is 14.4. The predicted molar refractivity (Wildman–Crippen MR) is 97.0 cm³/mol. The Labute approximate surface area is 148 Å². The summed E-state index contributed by atoms with van der Waals surface area (Å²) in [5.41, 5.74) is 1.12. The Balaban J connectivity index is 2.01. The van der Waals surface area contributed by atoms with Gasteiger partial charge in [0.1, 0.15) is 17.3 Å². The largest absolute Gasteiger partial charge is 0.287 e. The Morgan fingerprint density at radius 2 is 1.38 bits per heavy atom. The lowest BCUT2D eigenvalue weighted by atomic mass is 9.96. The second-order valence-corrected chi connectivity index (χ2v) is 5.87. The summed E-state index contributed by atoms with van der Waals surface area (Å²) in [7, 11) is 0. The topological polar surface area (TPSA) is 30.0 Å². The summed E-state index contributed by atoms with van der Waals surface area (Å²) in [6, 6.07) is 20.8. The van der Waals surface area contributed by atoms with Crippen LogP contribution in [0.5, 0.6) is 0 Å². The molecule has 0 spiro atoms. The van der Waals surface area contributed by atoms with Gasteiger partial charge < -0.3 is 0 Å². The second-order valence-electron chi connectivity index (χ2n) is 5.87. The van der Waals surface area contributed by atoms with Crippen LogP contribution in [0.15, 0.2) is 78.9 Å². The van der Waals surface area contributed by atoms with Crippen molar-refractivity contribution >= 4 is 16.7 Å². The Morgan fingerprint density at radius 1 is 0.731 bits per heavy atom. The van der Waals surface area contributed by atoms with E-state index in [1.54, 1.807) is 42.5 Å². The van der Waals surface area contributed by atoms with Gasteiger partial charge in [0.15, 0.2) is 0 Å². The molecule has 1 heterocycles. The summed E-state index contributed by atoms with van der Waals surface area (Å²) < 4.78 is 28.5. The molecule has 0 atom stereocenters. The van der Waals surface area contributed by atoms with Gasteiger partial charge in [-0.05, 0) is 30.3 Å². The molecule has 0 aliphatic heterocycles. The van der Waals surface area contributed by atoms with Crippen LogP contribution in [0.25, 0.3) is 22.0 Å². The van der Waals surface area contributed by atoms with E-state index in [0.29, 0.717) is 11.1 Å². The fraction of sp³-hybridized carbons (Fsp3) is 0. The number of ketones is 1. The predicted octanol–water partition coefficient (Wildman–Crippen LogP) is 5.41. The highest BCUT2D eigenvalue weighted by Crippen LogP contribution is 2.30. The minimum atomic E-state index is -0.632. The van der Waals surface area contributed by atoms with Gasteiger partial charge >= 0.3 is 0 Å². The normalized spacial score (nSPS) is 10.8. The van der Waals surface area contributed by atoms with Crippen LogP contribution in [0, 0.1) is 11.6 Å². The van der Waals surface area contributed by atoms with Crippen molar-refractivity contribution in [2.75, 3.05) is 0 Å². The second kappa shape index (κ2) is 6.48. The Kier molecular flexibility index (Phi) is 4.01. The zero-order chi connectivity index (χ0) is 18.1. The third kappa shape index (κ3) is 2.75. The highest BCUT2D eigenvalue weighted by Gasteiger charge is 2.21.